The quantitative estimate of drug-likeness (QED) is 0.300. The average Bonchev–Trinajstić information content (AvgIpc) is 3.53. The van der Waals surface area contributed by atoms with E-state index in [0.29, 0.717) is 39.3 Å². The van der Waals surface area contributed by atoms with Crippen molar-refractivity contribution >= 4 is 46.3 Å². The summed E-state index contributed by atoms with van der Waals surface area (Å²) in [5.41, 5.74) is 9.86. The lowest BCUT2D eigenvalue weighted by atomic mass is 9.94. The Morgan fingerprint density at radius 2 is 1.94 bits per heavy atom. The molecule has 0 radical (unpaired) electrons. The molecule has 2 aliphatic rings. The molecule has 2 fully saturated rings. The van der Waals surface area contributed by atoms with E-state index in [1.54, 1.807) is 24.0 Å². The monoisotopic (exact) mass is 526 g/mol. The van der Waals surface area contributed by atoms with Crippen molar-refractivity contribution in [3.8, 4) is 11.3 Å². The summed E-state index contributed by atoms with van der Waals surface area (Å²) in [7, 11) is 1.80. The molecule has 2 N–H and O–H groups in total. The minimum atomic E-state index is -0.768. The van der Waals surface area contributed by atoms with Gasteiger partial charge in [-0.25, -0.2) is 4.98 Å². The van der Waals surface area contributed by atoms with Gasteiger partial charge in [0.15, 0.2) is 5.79 Å². The zero-order valence-corrected chi connectivity index (χ0v) is 21.4. The van der Waals surface area contributed by atoms with Gasteiger partial charge >= 0.3 is 0 Å². The fraction of sp³-hybridized carbons (Fsp3) is 0.360. The van der Waals surface area contributed by atoms with Gasteiger partial charge in [-0.15, -0.1) is 0 Å². The van der Waals surface area contributed by atoms with Crippen LogP contribution in [-0.2, 0) is 16.5 Å². The number of hydrogen-bond donors (Lipinski definition) is 1. The van der Waals surface area contributed by atoms with Crippen LogP contribution in [0.5, 0.6) is 0 Å². The van der Waals surface area contributed by atoms with Crippen LogP contribution in [0.3, 0.4) is 0 Å². The first kappa shape index (κ1) is 23.4. The van der Waals surface area contributed by atoms with Crippen molar-refractivity contribution in [3.63, 3.8) is 0 Å². The van der Waals surface area contributed by atoms with Gasteiger partial charge in [-0.2, -0.15) is 10.1 Å². The first-order chi connectivity index (χ1) is 17.1. The zero-order chi connectivity index (χ0) is 25.4. The third-order valence-corrected chi connectivity index (χ3v) is 7.42. The van der Waals surface area contributed by atoms with E-state index in [1.165, 1.54) is 0 Å². The third-order valence-electron chi connectivity index (χ3n) is 6.98. The number of aromatic nitrogens is 5. The second-order valence-corrected chi connectivity index (χ2v) is 10.5. The Labute approximate surface area is 217 Å². The molecule has 4 aromatic rings. The molecule has 1 aliphatic heterocycles. The van der Waals surface area contributed by atoms with E-state index in [0.717, 1.165) is 11.8 Å². The van der Waals surface area contributed by atoms with Crippen molar-refractivity contribution in [1.29, 1.82) is 0 Å². The highest BCUT2D eigenvalue weighted by atomic mass is 35.5. The van der Waals surface area contributed by atoms with Crippen LogP contribution in [0.1, 0.15) is 48.1 Å². The van der Waals surface area contributed by atoms with Crippen LogP contribution in [-0.4, -0.2) is 48.6 Å². The van der Waals surface area contributed by atoms with Crippen LogP contribution in [0, 0.1) is 0 Å². The summed E-state index contributed by atoms with van der Waals surface area (Å²) in [4.78, 5) is 20.2. The number of nitrogens with two attached hydrogens (primary N) is 1. The predicted octanol–water partition coefficient (Wildman–Crippen LogP) is 4.78. The molecule has 36 heavy (non-hydrogen) atoms. The van der Waals surface area contributed by atoms with Gasteiger partial charge in [0.1, 0.15) is 29.5 Å². The molecule has 9 nitrogen and oxygen atoms in total. The molecule has 1 saturated heterocycles. The molecule has 6 rings (SSSR count). The third kappa shape index (κ3) is 3.69. The van der Waals surface area contributed by atoms with Crippen LogP contribution >= 0.6 is 23.2 Å². The number of rotatable bonds is 4. The molecule has 4 atom stereocenters. The van der Waals surface area contributed by atoms with Gasteiger partial charge in [0.25, 0.3) is 0 Å². The van der Waals surface area contributed by atoms with Crippen LogP contribution in [0.25, 0.3) is 22.3 Å². The summed E-state index contributed by atoms with van der Waals surface area (Å²) in [5.74, 6) is -0.527. The first-order valence-electron chi connectivity index (χ1n) is 11.6. The number of aryl methyl sites for hydroxylation is 1. The van der Waals surface area contributed by atoms with E-state index in [4.69, 9.17) is 38.4 Å². The van der Waals surface area contributed by atoms with Crippen molar-refractivity contribution < 1.29 is 14.3 Å². The van der Waals surface area contributed by atoms with E-state index in [1.807, 2.05) is 42.8 Å². The van der Waals surface area contributed by atoms with Crippen LogP contribution < -0.4 is 5.73 Å². The van der Waals surface area contributed by atoms with Crippen molar-refractivity contribution in [2.24, 2.45) is 7.05 Å². The van der Waals surface area contributed by atoms with Crippen molar-refractivity contribution in [2.45, 2.75) is 50.2 Å². The van der Waals surface area contributed by atoms with Crippen LogP contribution in [0.15, 0.2) is 36.7 Å². The number of aldehydes is 1. The number of nitrogens with zero attached hydrogens (tertiary/aromatic N) is 5. The Balaban J connectivity index is 1.53. The maximum absolute atomic E-state index is 11.5. The summed E-state index contributed by atoms with van der Waals surface area (Å²) < 4.78 is 16.5. The summed E-state index contributed by atoms with van der Waals surface area (Å²) in [6, 6.07) is 7.46. The normalized spacial score (nSPS) is 24.9. The number of carbonyl (C=O) groups is 1. The minimum Gasteiger partial charge on any atom is -0.383 e. The number of halogens is 2. The topological polar surface area (TPSA) is 110 Å². The smallest absolute Gasteiger partial charge is 0.226 e. The lowest BCUT2D eigenvalue weighted by molar-refractivity contribution is -0.157. The van der Waals surface area contributed by atoms with E-state index in [9.17, 15) is 4.79 Å². The summed E-state index contributed by atoms with van der Waals surface area (Å²) in [6.07, 6.45) is 4.72. The van der Waals surface area contributed by atoms with Gasteiger partial charge in [-0.05, 0) is 43.5 Å². The number of benzene rings is 1. The highest BCUT2D eigenvalue weighted by molar-refractivity contribution is 6.33. The van der Waals surface area contributed by atoms with E-state index in [-0.39, 0.29) is 35.3 Å². The van der Waals surface area contributed by atoms with Crippen molar-refractivity contribution in [1.82, 2.24) is 24.3 Å². The fourth-order valence-corrected chi connectivity index (χ4v) is 6.09. The van der Waals surface area contributed by atoms with E-state index < -0.39 is 5.79 Å². The molecule has 1 aliphatic carbocycles. The zero-order valence-electron chi connectivity index (χ0n) is 19.9. The molecule has 0 unspecified atom stereocenters. The predicted molar refractivity (Wildman–Crippen MR) is 136 cm³/mol. The Morgan fingerprint density at radius 3 is 2.67 bits per heavy atom. The Hall–Kier alpha value is -2.98. The second-order valence-electron chi connectivity index (χ2n) is 9.79. The first-order valence-corrected chi connectivity index (χ1v) is 12.3. The molecule has 11 heteroatoms. The Bertz CT molecular complexity index is 1510. The molecule has 4 heterocycles. The molecular weight excluding hydrogens is 503 g/mol. The van der Waals surface area contributed by atoms with Gasteiger partial charge in [-0.3, -0.25) is 9.48 Å². The van der Waals surface area contributed by atoms with E-state index >= 15 is 0 Å². The summed E-state index contributed by atoms with van der Waals surface area (Å²) in [6.45, 7) is 3.82. The highest BCUT2D eigenvalue weighted by Gasteiger charge is 2.55. The lowest BCUT2D eigenvalue weighted by Crippen LogP contribution is -2.27. The van der Waals surface area contributed by atoms with Gasteiger partial charge in [0, 0.05) is 36.5 Å². The lowest BCUT2D eigenvalue weighted by Gasteiger charge is -2.24. The van der Waals surface area contributed by atoms with Crippen LogP contribution in [0.2, 0.25) is 10.3 Å². The largest absolute Gasteiger partial charge is 0.383 e. The molecule has 0 amide bonds. The summed E-state index contributed by atoms with van der Waals surface area (Å²) in [5, 5.41) is 5.70. The number of nitrogen functional groups attached to an aromatic ring is 1. The maximum Gasteiger partial charge on any atom is 0.226 e. The standard InChI is InChI=1S/C25H24Cl2N6O3/c1-25(2)35-20-14(13-6-4-5-12(7-13)11-34)8-17(21(20)36-25)33-9-15(19-16(26)10-32(3)31-19)18-22(28)29-24(27)30-23(18)33/h4-7,9-11,14,17,20-21H,8H2,1-3H3,(H2,28,29,30)/t14-,17-,20-,21+/m1/s1. The van der Waals surface area contributed by atoms with Crippen molar-refractivity contribution in [2.75, 3.05) is 5.73 Å². The number of fused-ring (bicyclic) bond motifs is 2. The number of ether oxygens (including phenoxy) is 2. The number of anilines is 1. The average molecular weight is 527 g/mol. The molecular formula is C25H24Cl2N6O3. The van der Waals surface area contributed by atoms with Gasteiger partial charge in [0.2, 0.25) is 5.28 Å². The maximum atomic E-state index is 11.5. The van der Waals surface area contributed by atoms with Gasteiger partial charge in [-0.1, -0.05) is 29.8 Å². The molecule has 1 aromatic carbocycles. The SMILES string of the molecule is Cn1cc(Cl)c(-c2cn([C@@H]3C[C@H](c4cccc(C=O)c4)[C@H]4OC(C)(C)O[C@H]43)c3nc(Cl)nc(N)c23)n1. The van der Waals surface area contributed by atoms with Gasteiger partial charge < -0.3 is 19.8 Å². The van der Waals surface area contributed by atoms with Crippen LogP contribution in [0.4, 0.5) is 5.82 Å². The summed E-state index contributed by atoms with van der Waals surface area (Å²) >= 11 is 12.8. The molecule has 186 valence electrons. The fourth-order valence-electron chi connectivity index (χ4n) is 5.64. The highest BCUT2D eigenvalue weighted by Crippen LogP contribution is 2.52. The van der Waals surface area contributed by atoms with E-state index in [2.05, 4.69) is 15.1 Å². The number of carbonyl (C=O) groups excluding carboxylic acids is 1. The van der Waals surface area contributed by atoms with Gasteiger partial charge in [0.05, 0.1) is 22.6 Å². The Kier molecular flexibility index (Phi) is 5.38. The minimum absolute atomic E-state index is 0.00401. The Morgan fingerprint density at radius 1 is 1.17 bits per heavy atom. The second kappa shape index (κ2) is 8.27. The molecule has 1 saturated carbocycles. The molecule has 0 spiro atoms. The molecule has 3 aromatic heterocycles. The van der Waals surface area contributed by atoms with Crippen molar-refractivity contribution in [3.05, 3.63) is 58.1 Å². The number of hydrogen-bond acceptors (Lipinski definition) is 7. The molecule has 0 bridgehead atoms.